The number of rotatable bonds is 8. The summed E-state index contributed by atoms with van der Waals surface area (Å²) in [6.07, 6.45) is 1.39. The van der Waals surface area contributed by atoms with Crippen molar-refractivity contribution < 1.29 is 18.0 Å². The molecule has 0 saturated carbocycles. The minimum atomic E-state index is -2.24. The van der Waals surface area contributed by atoms with Crippen LogP contribution in [0.15, 0.2) is 27.6 Å². The van der Waals surface area contributed by atoms with E-state index < -0.39 is 11.9 Å². The summed E-state index contributed by atoms with van der Waals surface area (Å²) in [6.45, 7) is 2.36. The van der Waals surface area contributed by atoms with E-state index in [0.29, 0.717) is 13.0 Å². The lowest BCUT2D eigenvalue weighted by Crippen LogP contribution is -1.84. The number of halogens is 3. The van der Waals surface area contributed by atoms with E-state index >= 15 is 0 Å². The van der Waals surface area contributed by atoms with E-state index in [2.05, 4.69) is 10.1 Å². The van der Waals surface area contributed by atoms with Crippen molar-refractivity contribution in [2.75, 3.05) is 12.4 Å². The molecular formula is C11H13F3N2OS2. The van der Waals surface area contributed by atoms with Crippen molar-refractivity contribution >= 4 is 29.3 Å². The molecule has 19 heavy (non-hydrogen) atoms. The first-order valence-electron chi connectivity index (χ1n) is 5.54. The summed E-state index contributed by atoms with van der Waals surface area (Å²) in [5.41, 5.74) is 0. The van der Waals surface area contributed by atoms with Crippen LogP contribution in [0.3, 0.4) is 0 Å². The van der Waals surface area contributed by atoms with E-state index in [0.717, 1.165) is 9.22 Å². The van der Waals surface area contributed by atoms with E-state index in [-0.39, 0.29) is 12.2 Å². The van der Waals surface area contributed by atoms with E-state index in [9.17, 15) is 13.2 Å². The Hall–Kier alpha value is -1.02. The van der Waals surface area contributed by atoms with Gasteiger partial charge in [0, 0.05) is 35.9 Å². The number of allylic oxidation sites excluding steroid dienone is 1. The summed E-state index contributed by atoms with van der Waals surface area (Å²) >= 11 is 2.68. The molecule has 106 valence electrons. The third-order valence-corrected chi connectivity index (χ3v) is 4.03. The molecule has 0 aromatic carbocycles. The quantitative estimate of drug-likeness (QED) is 0.408. The maximum Gasteiger partial charge on any atom is 0.301 e. The van der Waals surface area contributed by atoms with Crippen LogP contribution in [0, 0.1) is 0 Å². The summed E-state index contributed by atoms with van der Waals surface area (Å²) in [6, 6.07) is 0. The first-order chi connectivity index (χ1) is 9.13. The molecule has 0 bridgehead atoms. The second kappa shape index (κ2) is 8.98. The molecular weight excluding hydrogens is 297 g/mol. The number of hydrogen-bond donors (Lipinski definition) is 0. The summed E-state index contributed by atoms with van der Waals surface area (Å²) in [5.74, 6) is -1.11. The van der Waals surface area contributed by atoms with Gasteiger partial charge in [0.15, 0.2) is 5.83 Å². The van der Waals surface area contributed by atoms with Gasteiger partial charge in [-0.2, -0.15) is 8.78 Å². The average Bonchev–Trinajstić information content (AvgIpc) is 2.82. The second-order valence-corrected chi connectivity index (χ2v) is 5.72. The molecule has 0 unspecified atom stereocenters. The molecule has 1 rings (SSSR count). The van der Waals surface area contributed by atoms with Crippen molar-refractivity contribution in [1.82, 2.24) is 4.98 Å². The van der Waals surface area contributed by atoms with Crippen LogP contribution in [0.1, 0.15) is 18.2 Å². The van der Waals surface area contributed by atoms with Gasteiger partial charge in [0.2, 0.25) is 0 Å². The molecule has 0 aliphatic heterocycles. The standard InChI is InChI=1S/C11H13F3N2OS2/c1-2-17-16-5-3-8-7-15-11(19-8)18-6-4-9(12)10(13)14/h5,7H,2-4,6H2,1H3/b16-5-. The Bertz CT molecular complexity index is 445. The molecule has 0 saturated heterocycles. The minimum Gasteiger partial charge on any atom is -0.396 e. The molecule has 0 fully saturated rings. The van der Waals surface area contributed by atoms with Crippen molar-refractivity contribution in [3.63, 3.8) is 0 Å². The van der Waals surface area contributed by atoms with Crippen LogP contribution >= 0.6 is 23.1 Å². The largest absolute Gasteiger partial charge is 0.396 e. The molecule has 0 atom stereocenters. The van der Waals surface area contributed by atoms with Crippen LogP contribution in [0.25, 0.3) is 0 Å². The highest BCUT2D eigenvalue weighted by molar-refractivity contribution is 8.01. The van der Waals surface area contributed by atoms with Gasteiger partial charge in [-0.05, 0) is 6.92 Å². The van der Waals surface area contributed by atoms with Gasteiger partial charge in [-0.1, -0.05) is 16.9 Å². The first kappa shape index (κ1) is 16.0. The van der Waals surface area contributed by atoms with E-state index in [4.69, 9.17) is 4.84 Å². The molecule has 8 heteroatoms. The Balaban J connectivity index is 2.33. The van der Waals surface area contributed by atoms with Gasteiger partial charge >= 0.3 is 6.08 Å². The van der Waals surface area contributed by atoms with E-state index in [1.807, 2.05) is 6.92 Å². The summed E-state index contributed by atoms with van der Waals surface area (Å²) in [5, 5.41) is 3.71. The summed E-state index contributed by atoms with van der Waals surface area (Å²) < 4.78 is 36.9. The first-order valence-corrected chi connectivity index (χ1v) is 7.34. The van der Waals surface area contributed by atoms with Crippen molar-refractivity contribution in [3.05, 3.63) is 23.0 Å². The van der Waals surface area contributed by atoms with Crippen molar-refractivity contribution in [2.24, 2.45) is 5.16 Å². The Kier molecular flexibility index (Phi) is 7.57. The molecule has 0 amide bonds. The predicted molar refractivity (Wildman–Crippen MR) is 71.6 cm³/mol. The van der Waals surface area contributed by atoms with Crippen LogP contribution in [-0.4, -0.2) is 23.6 Å². The van der Waals surface area contributed by atoms with Gasteiger partial charge in [0.25, 0.3) is 0 Å². The highest BCUT2D eigenvalue weighted by Crippen LogP contribution is 2.26. The highest BCUT2D eigenvalue weighted by Gasteiger charge is 2.07. The topological polar surface area (TPSA) is 34.5 Å². The molecule has 1 aromatic heterocycles. The number of oxime groups is 1. The van der Waals surface area contributed by atoms with Gasteiger partial charge in [-0.25, -0.2) is 9.37 Å². The molecule has 0 N–H and O–H groups in total. The number of nitrogens with zero attached hydrogens (tertiary/aromatic N) is 2. The summed E-state index contributed by atoms with van der Waals surface area (Å²) in [4.78, 5) is 9.90. The normalized spacial score (nSPS) is 10.9. The number of thiazole rings is 1. The molecule has 0 radical (unpaired) electrons. The zero-order valence-corrected chi connectivity index (χ0v) is 11.9. The zero-order valence-electron chi connectivity index (χ0n) is 10.2. The third-order valence-electron chi connectivity index (χ3n) is 1.86. The SMILES string of the molecule is CCO/N=C\Cc1cnc(SCCC(F)=C(F)F)s1. The molecule has 1 aromatic rings. The fourth-order valence-corrected chi connectivity index (χ4v) is 3.01. The van der Waals surface area contributed by atoms with Gasteiger partial charge in [0.1, 0.15) is 10.9 Å². The van der Waals surface area contributed by atoms with Crippen LogP contribution < -0.4 is 0 Å². The zero-order chi connectivity index (χ0) is 14.1. The monoisotopic (exact) mass is 310 g/mol. The second-order valence-electron chi connectivity index (χ2n) is 3.27. The van der Waals surface area contributed by atoms with E-state index in [1.54, 1.807) is 12.4 Å². The summed E-state index contributed by atoms with van der Waals surface area (Å²) in [7, 11) is 0. The number of aromatic nitrogens is 1. The van der Waals surface area contributed by atoms with Crippen LogP contribution in [0.4, 0.5) is 13.2 Å². The fourth-order valence-electron chi connectivity index (χ4n) is 1.03. The Morgan fingerprint density at radius 3 is 3.00 bits per heavy atom. The molecule has 0 aliphatic rings. The average molecular weight is 310 g/mol. The van der Waals surface area contributed by atoms with Gasteiger partial charge in [0.05, 0.1) is 0 Å². The molecule has 3 nitrogen and oxygen atoms in total. The third kappa shape index (κ3) is 6.63. The molecule has 0 aliphatic carbocycles. The fraction of sp³-hybridized carbons (Fsp3) is 0.455. The number of thioether (sulfide) groups is 1. The van der Waals surface area contributed by atoms with Crippen molar-refractivity contribution in [3.8, 4) is 0 Å². The smallest absolute Gasteiger partial charge is 0.301 e. The van der Waals surface area contributed by atoms with Crippen LogP contribution in [-0.2, 0) is 11.3 Å². The lowest BCUT2D eigenvalue weighted by Gasteiger charge is -1.95. The number of hydrogen-bond acceptors (Lipinski definition) is 5. The minimum absolute atomic E-state index is 0.239. The maximum absolute atomic E-state index is 12.5. The van der Waals surface area contributed by atoms with Crippen LogP contribution in [0.2, 0.25) is 0 Å². The maximum atomic E-state index is 12.5. The van der Waals surface area contributed by atoms with Gasteiger partial charge < -0.3 is 4.84 Å². The Morgan fingerprint density at radius 2 is 2.32 bits per heavy atom. The predicted octanol–water partition coefficient (Wildman–Crippen LogP) is 4.27. The van der Waals surface area contributed by atoms with Gasteiger partial charge in [-0.15, -0.1) is 11.3 Å². The molecule has 0 spiro atoms. The van der Waals surface area contributed by atoms with E-state index in [1.165, 1.54) is 23.1 Å². The Labute approximate surface area is 117 Å². The lowest BCUT2D eigenvalue weighted by atomic mass is 10.4. The van der Waals surface area contributed by atoms with Crippen LogP contribution in [0.5, 0.6) is 0 Å². The van der Waals surface area contributed by atoms with Gasteiger partial charge in [-0.3, -0.25) is 0 Å². The van der Waals surface area contributed by atoms with Crippen molar-refractivity contribution in [2.45, 2.75) is 24.1 Å². The molecule has 1 heterocycles. The lowest BCUT2D eigenvalue weighted by molar-refractivity contribution is 0.160. The highest BCUT2D eigenvalue weighted by atomic mass is 32.2. The Morgan fingerprint density at radius 1 is 1.53 bits per heavy atom. The van der Waals surface area contributed by atoms with Crippen molar-refractivity contribution in [1.29, 1.82) is 0 Å².